The Labute approximate surface area is 163 Å². The van der Waals surface area contributed by atoms with Crippen LogP contribution in [0.15, 0.2) is 42.9 Å². The third-order valence-corrected chi connectivity index (χ3v) is 5.76. The third kappa shape index (κ3) is 2.94. The largest absolute Gasteiger partial charge is 0.354 e. The highest BCUT2D eigenvalue weighted by Crippen LogP contribution is 2.29. The predicted octanol–water partition coefficient (Wildman–Crippen LogP) is 1.56. The van der Waals surface area contributed by atoms with Gasteiger partial charge >= 0.3 is 0 Å². The molecule has 5 rings (SSSR count). The summed E-state index contributed by atoms with van der Waals surface area (Å²) in [6.07, 6.45) is 4.56. The zero-order valence-electron chi connectivity index (χ0n) is 15.9. The minimum atomic E-state index is 0.123. The molecule has 0 spiro atoms. The summed E-state index contributed by atoms with van der Waals surface area (Å²) < 4.78 is 2.14. The van der Waals surface area contributed by atoms with Gasteiger partial charge < -0.3 is 14.7 Å². The maximum absolute atomic E-state index is 12.0. The molecule has 1 atom stereocenters. The summed E-state index contributed by atoms with van der Waals surface area (Å²) in [4.78, 5) is 27.0. The first kappa shape index (κ1) is 17.0. The number of anilines is 2. The average molecular weight is 377 g/mol. The van der Waals surface area contributed by atoms with Crippen molar-refractivity contribution in [1.29, 1.82) is 0 Å². The fourth-order valence-corrected chi connectivity index (χ4v) is 4.07. The molecular formula is C20H23N7O. The molecule has 8 heteroatoms. The van der Waals surface area contributed by atoms with Crippen molar-refractivity contribution in [1.82, 2.24) is 24.6 Å². The Morgan fingerprint density at radius 1 is 1.04 bits per heavy atom. The van der Waals surface area contributed by atoms with Crippen molar-refractivity contribution in [2.45, 2.75) is 12.5 Å². The molecule has 144 valence electrons. The number of likely N-dealkylation sites (N-methyl/N-ethyl adjacent to an activating group) is 1. The van der Waals surface area contributed by atoms with Crippen LogP contribution in [-0.4, -0.2) is 70.3 Å². The molecule has 1 unspecified atom stereocenters. The molecule has 1 amide bonds. The monoisotopic (exact) mass is 377 g/mol. The normalized spacial score (nSPS) is 20.4. The number of para-hydroxylation sites is 1. The van der Waals surface area contributed by atoms with Gasteiger partial charge in [-0.3, -0.25) is 9.48 Å². The van der Waals surface area contributed by atoms with Crippen LogP contribution in [0.3, 0.4) is 0 Å². The number of fused-ring (bicyclic) bond motifs is 1. The van der Waals surface area contributed by atoms with Gasteiger partial charge in [0.2, 0.25) is 5.91 Å². The van der Waals surface area contributed by atoms with Crippen molar-refractivity contribution in [3.63, 3.8) is 0 Å². The second-order valence-electron chi connectivity index (χ2n) is 7.51. The predicted molar refractivity (Wildman–Crippen MR) is 107 cm³/mol. The molecule has 2 aliphatic rings. The van der Waals surface area contributed by atoms with Crippen molar-refractivity contribution in [2.75, 3.05) is 49.6 Å². The van der Waals surface area contributed by atoms with Crippen LogP contribution in [0, 0.1) is 0 Å². The summed E-state index contributed by atoms with van der Waals surface area (Å²) in [5, 5.41) is 5.79. The van der Waals surface area contributed by atoms with E-state index in [2.05, 4.69) is 42.8 Å². The molecule has 2 fully saturated rings. The highest BCUT2D eigenvalue weighted by atomic mass is 16.2. The molecule has 0 saturated carbocycles. The standard InChI is InChI=1S/C20H23N7O/c1-24-8-9-26(13-20(24)28)19-10-18(21-14-22-19)25-7-6-16(12-25)27-17-5-3-2-4-15(17)11-23-27/h2-5,10-11,14,16H,6-9,12-13H2,1H3. The Balaban J connectivity index is 1.34. The minimum absolute atomic E-state index is 0.123. The number of nitrogens with zero attached hydrogens (tertiary/aromatic N) is 7. The fraction of sp³-hybridized carbons (Fsp3) is 0.400. The van der Waals surface area contributed by atoms with E-state index in [9.17, 15) is 4.79 Å². The Bertz CT molecular complexity index is 1020. The van der Waals surface area contributed by atoms with E-state index in [0.29, 0.717) is 12.6 Å². The molecule has 2 aliphatic heterocycles. The molecule has 1 aromatic carbocycles. The maximum atomic E-state index is 12.0. The van der Waals surface area contributed by atoms with Gasteiger partial charge in [0.25, 0.3) is 0 Å². The van der Waals surface area contributed by atoms with E-state index in [-0.39, 0.29) is 5.91 Å². The van der Waals surface area contributed by atoms with E-state index in [1.807, 2.05) is 30.3 Å². The van der Waals surface area contributed by atoms with Crippen LogP contribution in [0.1, 0.15) is 12.5 Å². The van der Waals surface area contributed by atoms with Gasteiger partial charge in [-0.05, 0) is 12.5 Å². The SMILES string of the molecule is CN1CCN(c2cc(N3CCC(n4ncc5ccccc54)C3)ncn2)CC1=O. The van der Waals surface area contributed by atoms with Gasteiger partial charge in [-0.1, -0.05) is 18.2 Å². The summed E-state index contributed by atoms with van der Waals surface area (Å²) in [6.45, 7) is 3.67. The lowest BCUT2D eigenvalue weighted by molar-refractivity contribution is -0.129. The van der Waals surface area contributed by atoms with E-state index in [1.165, 1.54) is 10.9 Å². The van der Waals surface area contributed by atoms with Gasteiger partial charge in [-0.2, -0.15) is 5.10 Å². The van der Waals surface area contributed by atoms with E-state index in [4.69, 9.17) is 0 Å². The highest BCUT2D eigenvalue weighted by molar-refractivity contribution is 5.82. The van der Waals surface area contributed by atoms with E-state index >= 15 is 0 Å². The molecule has 8 nitrogen and oxygen atoms in total. The lowest BCUT2D eigenvalue weighted by atomic mass is 10.2. The van der Waals surface area contributed by atoms with Gasteiger partial charge in [0.05, 0.1) is 24.3 Å². The molecule has 3 aromatic rings. The molecule has 2 aromatic heterocycles. The van der Waals surface area contributed by atoms with Crippen molar-refractivity contribution in [3.8, 4) is 0 Å². The topological polar surface area (TPSA) is 70.4 Å². The van der Waals surface area contributed by atoms with Gasteiger partial charge in [-0.25, -0.2) is 9.97 Å². The molecule has 4 heterocycles. The second kappa shape index (κ2) is 6.78. The summed E-state index contributed by atoms with van der Waals surface area (Å²) in [7, 11) is 1.84. The first-order valence-corrected chi connectivity index (χ1v) is 9.67. The molecule has 0 aliphatic carbocycles. The van der Waals surface area contributed by atoms with Crippen LogP contribution in [0.25, 0.3) is 10.9 Å². The summed E-state index contributed by atoms with van der Waals surface area (Å²) in [5.74, 6) is 1.85. The van der Waals surface area contributed by atoms with Crippen LogP contribution in [-0.2, 0) is 4.79 Å². The number of carbonyl (C=O) groups excluding carboxylic acids is 1. The molecule has 0 radical (unpaired) electrons. The van der Waals surface area contributed by atoms with Crippen LogP contribution in [0.2, 0.25) is 0 Å². The smallest absolute Gasteiger partial charge is 0.241 e. The Kier molecular flexibility index (Phi) is 4.11. The third-order valence-electron chi connectivity index (χ3n) is 5.76. The van der Waals surface area contributed by atoms with Crippen molar-refractivity contribution in [3.05, 3.63) is 42.9 Å². The van der Waals surface area contributed by atoms with E-state index < -0.39 is 0 Å². The molecular weight excluding hydrogens is 354 g/mol. The van der Waals surface area contributed by atoms with Crippen LogP contribution >= 0.6 is 0 Å². The first-order valence-electron chi connectivity index (χ1n) is 9.67. The lowest BCUT2D eigenvalue weighted by Crippen LogP contribution is -2.48. The number of benzene rings is 1. The van der Waals surface area contributed by atoms with E-state index in [1.54, 1.807) is 11.2 Å². The Morgan fingerprint density at radius 3 is 2.71 bits per heavy atom. The van der Waals surface area contributed by atoms with Crippen LogP contribution in [0.5, 0.6) is 0 Å². The summed E-state index contributed by atoms with van der Waals surface area (Å²) >= 11 is 0. The zero-order valence-corrected chi connectivity index (χ0v) is 15.9. The number of carbonyl (C=O) groups is 1. The number of aromatic nitrogens is 4. The minimum Gasteiger partial charge on any atom is -0.354 e. The molecule has 0 N–H and O–H groups in total. The lowest BCUT2D eigenvalue weighted by Gasteiger charge is -2.33. The highest BCUT2D eigenvalue weighted by Gasteiger charge is 2.28. The quantitative estimate of drug-likeness (QED) is 0.690. The first-order chi connectivity index (χ1) is 13.7. The number of hydrogen-bond donors (Lipinski definition) is 0. The van der Waals surface area contributed by atoms with Crippen molar-refractivity contribution >= 4 is 28.4 Å². The maximum Gasteiger partial charge on any atom is 0.241 e. The van der Waals surface area contributed by atoms with Crippen LogP contribution in [0.4, 0.5) is 11.6 Å². The Morgan fingerprint density at radius 2 is 1.86 bits per heavy atom. The second-order valence-corrected chi connectivity index (χ2v) is 7.51. The molecule has 2 saturated heterocycles. The van der Waals surface area contributed by atoms with Gasteiger partial charge in [-0.15, -0.1) is 0 Å². The van der Waals surface area contributed by atoms with Crippen LogP contribution < -0.4 is 9.80 Å². The Hall–Kier alpha value is -3.16. The number of amides is 1. The molecule has 0 bridgehead atoms. The number of hydrogen-bond acceptors (Lipinski definition) is 6. The van der Waals surface area contributed by atoms with Crippen molar-refractivity contribution < 1.29 is 4.79 Å². The van der Waals surface area contributed by atoms with Gasteiger partial charge in [0, 0.05) is 44.7 Å². The van der Waals surface area contributed by atoms with Gasteiger partial charge in [0.15, 0.2) is 0 Å². The fourth-order valence-electron chi connectivity index (χ4n) is 4.07. The number of rotatable bonds is 3. The molecule has 28 heavy (non-hydrogen) atoms. The summed E-state index contributed by atoms with van der Waals surface area (Å²) in [6, 6.07) is 10.6. The zero-order chi connectivity index (χ0) is 19.1. The van der Waals surface area contributed by atoms with E-state index in [0.717, 1.165) is 44.2 Å². The van der Waals surface area contributed by atoms with Gasteiger partial charge in [0.1, 0.15) is 18.0 Å². The van der Waals surface area contributed by atoms with Crippen molar-refractivity contribution in [2.24, 2.45) is 0 Å². The number of piperazine rings is 1. The summed E-state index contributed by atoms with van der Waals surface area (Å²) in [5.41, 5.74) is 1.17. The average Bonchev–Trinajstić information content (AvgIpc) is 3.37.